The summed E-state index contributed by atoms with van der Waals surface area (Å²) in [5.74, 6) is 1.63. The van der Waals surface area contributed by atoms with Gasteiger partial charge >= 0.3 is 0 Å². The monoisotopic (exact) mass is 256 g/mol. The van der Waals surface area contributed by atoms with Gasteiger partial charge in [-0.05, 0) is 65.9 Å². The maximum atomic E-state index is 2.55. The van der Waals surface area contributed by atoms with E-state index in [2.05, 4.69) is 52.0 Å². The minimum absolute atomic E-state index is 0.426. The van der Waals surface area contributed by atoms with E-state index < -0.39 is 0 Å². The highest BCUT2D eigenvalue weighted by Crippen LogP contribution is 2.57. The van der Waals surface area contributed by atoms with Gasteiger partial charge in [0.25, 0.3) is 0 Å². The van der Waals surface area contributed by atoms with E-state index in [0.29, 0.717) is 10.8 Å². The Balaban J connectivity index is 2.01. The van der Waals surface area contributed by atoms with E-state index in [4.69, 9.17) is 0 Å². The highest BCUT2D eigenvalue weighted by atomic mass is 14.5. The summed E-state index contributed by atoms with van der Waals surface area (Å²) in [5.41, 5.74) is 4.09. The normalized spacial score (nSPS) is 41.4. The SMILES string of the molecule is CC(C)[C@H]1CC=C2C=C3C=CCCC3(C)CC[C@@]21C. The molecule has 0 heterocycles. The largest absolute Gasteiger partial charge is 0.0842 e. The van der Waals surface area contributed by atoms with Gasteiger partial charge in [0.1, 0.15) is 0 Å². The molecule has 0 amide bonds. The summed E-state index contributed by atoms with van der Waals surface area (Å²) in [5, 5.41) is 0. The Morgan fingerprint density at radius 3 is 2.63 bits per heavy atom. The van der Waals surface area contributed by atoms with Gasteiger partial charge in [-0.15, -0.1) is 0 Å². The zero-order chi connectivity index (χ0) is 13.7. The summed E-state index contributed by atoms with van der Waals surface area (Å²) in [7, 11) is 0. The molecule has 0 heteroatoms. The maximum absolute atomic E-state index is 2.55. The van der Waals surface area contributed by atoms with Gasteiger partial charge in [0, 0.05) is 0 Å². The minimum atomic E-state index is 0.426. The molecule has 0 bridgehead atoms. The van der Waals surface area contributed by atoms with Gasteiger partial charge in [-0.3, -0.25) is 0 Å². The molecule has 0 aromatic rings. The van der Waals surface area contributed by atoms with E-state index in [1.165, 1.54) is 32.1 Å². The average Bonchev–Trinajstić information content (AvgIpc) is 2.63. The van der Waals surface area contributed by atoms with E-state index in [1.54, 1.807) is 11.1 Å². The maximum Gasteiger partial charge on any atom is -0.00444 e. The lowest BCUT2D eigenvalue weighted by atomic mass is 9.66. The van der Waals surface area contributed by atoms with E-state index in [9.17, 15) is 0 Å². The first kappa shape index (κ1) is 13.2. The van der Waals surface area contributed by atoms with E-state index in [0.717, 1.165) is 11.8 Å². The molecule has 0 spiro atoms. The molecule has 0 nitrogen and oxygen atoms in total. The molecular weight excluding hydrogens is 228 g/mol. The standard InChI is InChI=1S/C19H28/c1-14(2)17-9-8-16-13-15-7-5-6-10-18(15,3)11-12-19(16,17)4/h5,7-8,13-14,17H,6,9-12H2,1-4H3/t17-,18?,19+/m1/s1. The van der Waals surface area contributed by atoms with Gasteiger partial charge in [0.15, 0.2) is 0 Å². The number of rotatable bonds is 1. The van der Waals surface area contributed by atoms with Crippen LogP contribution in [0.25, 0.3) is 0 Å². The molecule has 0 aromatic heterocycles. The third-order valence-electron chi connectivity index (χ3n) is 6.24. The topological polar surface area (TPSA) is 0 Å². The molecule has 104 valence electrons. The van der Waals surface area contributed by atoms with Gasteiger partial charge in [-0.25, -0.2) is 0 Å². The molecule has 0 radical (unpaired) electrons. The van der Waals surface area contributed by atoms with Crippen molar-refractivity contribution in [1.82, 2.24) is 0 Å². The summed E-state index contributed by atoms with van der Waals surface area (Å²) in [6.07, 6.45) is 16.5. The lowest BCUT2D eigenvalue weighted by molar-refractivity contribution is 0.166. The molecule has 19 heavy (non-hydrogen) atoms. The third kappa shape index (κ3) is 1.95. The first-order valence-corrected chi connectivity index (χ1v) is 8.05. The van der Waals surface area contributed by atoms with Crippen molar-refractivity contribution in [2.24, 2.45) is 22.7 Å². The molecule has 0 saturated heterocycles. The second-order valence-electron chi connectivity index (χ2n) is 7.76. The van der Waals surface area contributed by atoms with Crippen LogP contribution in [0.4, 0.5) is 0 Å². The van der Waals surface area contributed by atoms with Crippen LogP contribution in [0.1, 0.15) is 59.8 Å². The zero-order valence-corrected chi connectivity index (χ0v) is 13.0. The van der Waals surface area contributed by atoms with Crippen molar-refractivity contribution >= 4 is 0 Å². The van der Waals surface area contributed by atoms with Crippen molar-refractivity contribution in [3.05, 3.63) is 35.5 Å². The van der Waals surface area contributed by atoms with Gasteiger partial charge < -0.3 is 0 Å². The quantitative estimate of drug-likeness (QED) is 0.567. The van der Waals surface area contributed by atoms with Gasteiger partial charge in [-0.1, -0.05) is 52.0 Å². The molecule has 0 aliphatic heterocycles. The summed E-state index contributed by atoms with van der Waals surface area (Å²) >= 11 is 0. The first-order valence-electron chi connectivity index (χ1n) is 8.05. The van der Waals surface area contributed by atoms with Crippen LogP contribution in [-0.2, 0) is 0 Å². The Morgan fingerprint density at radius 2 is 1.89 bits per heavy atom. The van der Waals surface area contributed by atoms with Crippen LogP contribution in [0.2, 0.25) is 0 Å². The molecule has 0 N–H and O–H groups in total. The fourth-order valence-corrected chi connectivity index (χ4v) is 4.68. The van der Waals surface area contributed by atoms with Gasteiger partial charge in [-0.2, -0.15) is 0 Å². The Morgan fingerprint density at radius 1 is 1.11 bits per heavy atom. The second-order valence-corrected chi connectivity index (χ2v) is 7.76. The second kappa shape index (κ2) is 4.36. The minimum Gasteiger partial charge on any atom is -0.0842 e. The predicted molar refractivity (Wildman–Crippen MR) is 82.9 cm³/mol. The van der Waals surface area contributed by atoms with Crippen molar-refractivity contribution in [3.8, 4) is 0 Å². The lowest BCUT2D eigenvalue weighted by Gasteiger charge is -2.38. The molecule has 3 aliphatic carbocycles. The summed E-state index contributed by atoms with van der Waals surface area (Å²) < 4.78 is 0. The van der Waals surface area contributed by atoms with Crippen LogP contribution >= 0.6 is 0 Å². The molecule has 0 fully saturated rings. The number of hydrogen-bond donors (Lipinski definition) is 0. The Hall–Kier alpha value is -0.780. The van der Waals surface area contributed by atoms with Crippen molar-refractivity contribution in [2.45, 2.75) is 59.8 Å². The summed E-state index contributed by atoms with van der Waals surface area (Å²) in [6, 6.07) is 0. The van der Waals surface area contributed by atoms with Crippen molar-refractivity contribution in [1.29, 1.82) is 0 Å². The first-order chi connectivity index (χ1) is 8.96. The van der Waals surface area contributed by atoms with Crippen molar-refractivity contribution < 1.29 is 0 Å². The Kier molecular flexibility index (Phi) is 3.04. The number of fused-ring (bicyclic) bond motifs is 2. The number of hydrogen-bond acceptors (Lipinski definition) is 0. The summed E-state index contributed by atoms with van der Waals surface area (Å²) in [6.45, 7) is 9.81. The molecule has 0 aromatic carbocycles. The van der Waals surface area contributed by atoms with Crippen LogP contribution in [0.5, 0.6) is 0 Å². The molecule has 3 aliphatic rings. The molecule has 0 saturated carbocycles. The Labute approximate surface area is 118 Å². The third-order valence-corrected chi connectivity index (χ3v) is 6.24. The van der Waals surface area contributed by atoms with Crippen molar-refractivity contribution in [2.75, 3.05) is 0 Å². The molecular formula is C19H28. The molecule has 3 rings (SSSR count). The van der Waals surface area contributed by atoms with Crippen LogP contribution in [0, 0.1) is 22.7 Å². The average molecular weight is 256 g/mol. The van der Waals surface area contributed by atoms with Crippen molar-refractivity contribution in [3.63, 3.8) is 0 Å². The fraction of sp³-hybridized carbons (Fsp3) is 0.684. The smallest absolute Gasteiger partial charge is 0.00444 e. The van der Waals surface area contributed by atoms with E-state index in [-0.39, 0.29) is 0 Å². The van der Waals surface area contributed by atoms with Gasteiger partial charge in [0.2, 0.25) is 0 Å². The molecule has 1 unspecified atom stereocenters. The van der Waals surface area contributed by atoms with Gasteiger partial charge in [0.05, 0.1) is 0 Å². The van der Waals surface area contributed by atoms with Crippen LogP contribution in [-0.4, -0.2) is 0 Å². The van der Waals surface area contributed by atoms with Crippen LogP contribution in [0.15, 0.2) is 35.5 Å². The Bertz CT molecular complexity index is 462. The predicted octanol–water partition coefficient (Wildman–Crippen LogP) is 5.67. The number of allylic oxidation sites excluding steroid dienone is 6. The van der Waals surface area contributed by atoms with Crippen LogP contribution < -0.4 is 0 Å². The van der Waals surface area contributed by atoms with E-state index in [1.807, 2.05) is 0 Å². The molecule has 3 atom stereocenters. The highest BCUT2D eigenvalue weighted by molar-refractivity contribution is 5.43. The zero-order valence-electron chi connectivity index (χ0n) is 13.0. The summed E-state index contributed by atoms with van der Waals surface area (Å²) in [4.78, 5) is 0. The fourth-order valence-electron chi connectivity index (χ4n) is 4.68. The van der Waals surface area contributed by atoms with E-state index >= 15 is 0 Å². The highest BCUT2D eigenvalue weighted by Gasteiger charge is 2.45. The lowest BCUT2D eigenvalue weighted by Crippen LogP contribution is -2.29. The van der Waals surface area contributed by atoms with Crippen LogP contribution in [0.3, 0.4) is 0 Å².